The van der Waals surface area contributed by atoms with Crippen LogP contribution in [0.5, 0.6) is 0 Å². The number of carbonyl (C=O) groups excluding carboxylic acids is 2. The third kappa shape index (κ3) is 4.84. The van der Waals surface area contributed by atoms with E-state index in [1.54, 1.807) is 21.0 Å². The molecule has 2 N–H and O–H groups in total. The van der Waals surface area contributed by atoms with E-state index < -0.39 is 5.41 Å². The summed E-state index contributed by atoms with van der Waals surface area (Å²) in [6, 6.07) is 5.78. The van der Waals surface area contributed by atoms with Crippen LogP contribution >= 0.6 is 0 Å². The topological polar surface area (TPSA) is 67.4 Å². The van der Waals surface area contributed by atoms with Crippen molar-refractivity contribution >= 4 is 17.5 Å². The first-order valence-electron chi connectivity index (χ1n) is 7.45. The average molecular weight is 306 g/mol. The molecule has 0 heterocycles. The van der Waals surface area contributed by atoms with E-state index in [1.165, 1.54) is 0 Å². The molecular weight excluding hydrogens is 280 g/mol. The molecule has 0 spiro atoms. The summed E-state index contributed by atoms with van der Waals surface area (Å²) in [5.74, 6) is -0.602. The maximum atomic E-state index is 12.4. The normalized spacial score (nSPS) is 11.1. The van der Waals surface area contributed by atoms with Crippen LogP contribution in [0, 0.1) is 19.3 Å². The van der Waals surface area contributed by atoms with Crippen LogP contribution in [0.2, 0.25) is 0 Å². The minimum absolute atomic E-state index is 0.286. The number of hydrogen-bond donors (Lipinski definition) is 2. The first kappa shape index (κ1) is 18.2. The van der Waals surface area contributed by atoms with Crippen LogP contribution in [0.1, 0.15) is 31.4 Å². The Hall–Kier alpha value is -1.88. The minimum atomic E-state index is -1.13. The Kier molecular flexibility index (Phi) is 6.56. The standard InChI is InChI=1S/C17H26N2O3/c1-12-7-8-14(13(2)11-12)19-16(21)17(3,4)15(20)18-9-6-10-22-5/h7-8,11H,6,9-10H2,1-5H3,(H,18,20)(H,19,21). The molecule has 0 fully saturated rings. The highest BCUT2D eigenvalue weighted by molar-refractivity contribution is 6.10. The van der Waals surface area contributed by atoms with Crippen LogP contribution < -0.4 is 10.6 Å². The quantitative estimate of drug-likeness (QED) is 0.600. The Morgan fingerprint density at radius 2 is 1.86 bits per heavy atom. The predicted molar refractivity (Wildman–Crippen MR) is 87.8 cm³/mol. The number of rotatable bonds is 7. The van der Waals surface area contributed by atoms with Gasteiger partial charge in [-0.15, -0.1) is 0 Å². The number of methoxy groups -OCH3 is 1. The molecule has 0 aliphatic rings. The summed E-state index contributed by atoms with van der Waals surface area (Å²) >= 11 is 0. The molecule has 122 valence electrons. The van der Waals surface area contributed by atoms with Gasteiger partial charge in [0.2, 0.25) is 11.8 Å². The highest BCUT2D eigenvalue weighted by Gasteiger charge is 2.35. The van der Waals surface area contributed by atoms with Gasteiger partial charge in [0.05, 0.1) is 0 Å². The van der Waals surface area contributed by atoms with Crippen molar-refractivity contribution in [2.24, 2.45) is 5.41 Å². The van der Waals surface area contributed by atoms with E-state index in [1.807, 2.05) is 32.0 Å². The van der Waals surface area contributed by atoms with Crippen LogP contribution in [-0.4, -0.2) is 32.1 Å². The maximum Gasteiger partial charge on any atom is 0.239 e. The predicted octanol–water partition coefficient (Wildman–Crippen LogP) is 2.42. The third-order valence-corrected chi connectivity index (χ3v) is 3.58. The lowest BCUT2D eigenvalue weighted by Gasteiger charge is -2.23. The molecule has 1 rings (SSSR count). The van der Waals surface area contributed by atoms with Gasteiger partial charge in [0.25, 0.3) is 0 Å². The second kappa shape index (κ2) is 7.94. The smallest absolute Gasteiger partial charge is 0.239 e. The summed E-state index contributed by atoms with van der Waals surface area (Å²) in [6.45, 7) is 8.24. The third-order valence-electron chi connectivity index (χ3n) is 3.58. The number of ether oxygens (including phenoxy) is 1. The maximum absolute atomic E-state index is 12.4. The highest BCUT2D eigenvalue weighted by Crippen LogP contribution is 2.22. The highest BCUT2D eigenvalue weighted by atomic mass is 16.5. The van der Waals surface area contributed by atoms with Gasteiger partial charge in [0.1, 0.15) is 5.41 Å². The molecule has 22 heavy (non-hydrogen) atoms. The van der Waals surface area contributed by atoms with Gasteiger partial charge >= 0.3 is 0 Å². The van der Waals surface area contributed by atoms with E-state index in [0.717, 1.165) is 23.2 Å². The number of nitrogens with one attached hydrogen (secondary N) is 2. The molecule has 1 aromatic rings. The fourth-order valence-corrected chi connectivity index (χ4v) is 1.97. The molecule has 0 aromatic heterocycles. The van der Waals surface area contributed by atoms with Gasteiger partial charge in [0.15, 0.2) is 0 Å². The van der Waals surface area contributed by atoms with E-state index in [4.69, 9.17) is 4.74 Å². The van der Waals surface area contributed by atoms with Crippen LogP contribution in [-0.2, 0) is 14.3 Å². The second-order valence-electron chi connectivity index (χ2n) is 6.00. The van der Waals surface area contributed by atoms with Crippen LogP contribution in [0.3, 0.4) is 0 Å². The first-order valence-corrected chi connectivity index (χ1v) is 7.45. The molecule has 1 aromatic carbocycles. The number of hydrogen-bond acceptors (Lipinski definition) is 3. The van der Waals surface area contributed by atoms with Gasteiger partial charge in [-0.3, -0.25) is 9.59 Å². The van der Waals surface area contributed by atoms with Gasteiger partial charge in [-0.25, -0.2) is 0 Å². The fraction of sp³-hybridized carbons (Fsp3) is 0.529. The first-order chi connectivity index (χ1) is 10.3. The van der Waals surface area contributed by atoms with Crippen molar-refractivity contribution in [3.05, 3.63) is 29.3 Å². The Bertz CT molecular complexity index is 539. The molecule has 0 radical (unpaired) electrons. The van der Waals surface area contributed by atoms with Crippen molar-refractivity contribution < 1.29 is 14.3 Å². The van der Waals surface area contributed by atoms with E-state index in [9.17, 15) is 9.59 Å². The average Bonchev–Trinajstić information content (AvgIpc) is 2.46. The van der Waals surface area contributed by atoms with Crippen LogP contribution in [0.4, 0.5) is 5.69 Å². The largest absolute Gasteiger partial charge is 0.385 e. The van der Waals surface area contributed by atoms with Crippen molar-refractivity contribution in [1.29, 1.82) is 0 Å². The summed E-state index contributed by atoms with van der Waals surface area (Å²) in [5, 5.41) is 5.60. The van der Waals surface area contributed by atoms with Crippen LogP contribution in [0.15, 0.2) is 18.2 Å². The lowest BCUT2D eigenvalue weighted by atomic mass is 9.90. The molecule has 0 atom stereocenters. The van der Waals surface area contributed by atoms with E-state index in [0.29, 0.717) is 13.2 Å². The molecule has 2 amide bonds. The number of anilines is 1. The Labute approximate surface area is 132 Å². The van der Waals surface area contributed by atoms with Gasteiger partial charge in [0, 0.05) is 25.9 Å². The zero-order valence-electron chi connectivity index (χ0n) is 14.1. The van der Waals surface area contributed by atoms with Gasteiger partial charge in [-0.2, -0.15) is 0 Å². The lowest BCUT2D eigenvalue weighted by Crippen LogP contribution is -2.45. The molecule has 0 unspecified atom stereocenters. The Morgan fingerprint density at radius 1 is 1.18 bits per heavy atom. The van der Waals surface area contributed by atoms with Gasteiger partial charge in [-0.05, 0) is 45.7 Å². The van der Waals surface area contributed by atoms with Crippen molar-refractivity contribution in [2.75, 3.05) is 25.6 Å². The summed E-state index contributed by atoms with van der Waals surface area (Å²) in [4.78, 5) is 24.6. The van der Waals surface area contributed by atoms with Crippen molar-refractivity contribution in [1.82, 2.24) is 5.32 Å². The molecule has 5 nitrogen and oxygen atoms in total. The number of benzene rings is 1. The Balaban J connectivity index is 2.67. The van der Waals surface area contributed by atoms with Crippen molar-refractivity contribution in [3.63, 3.8) is 0 Å². The van der Waals surface area contributed by atoms with Crippen molar-refractivity contribution in [2.45, 2.75) is 34.1 Å². The second-order valence-corrected chi connectivity index (χ2v) is 6.00. The Morgan fingerprint density at radius 3 is 2.45 bits per heavy atom. The monoisotopic (exact) mass is 306 g/mol. The van der Waals surface area contributed by atoms with E-state index in [2.05, 4.69) is 10.6 Å². The summed E-state index contributed by atoms with van der Waals surface area (Å²) < 4.78 is 4.93. The number of carbonyl (C=O) groups is 2. The summed E-state index contributed by atoms with van der Waals surface area (Å²) in [5.41, 5.74) is 1.70. The lowest BCUT2D eigenvalue weighted by molar-refractivity contribution is -0.138. The molecule has 0 saturated carbocycles. The van der Waals surface area contributed by atoms with Crippen LogP contribution in [0.25, 0.3) is 0 Å². The van der Waals surface area contributed by atoms with Crippen molar-refractivity contribution in [3.8, 4) is 0 Å². The molecule has 0 bridgehead atoms. The SMILES string of the molecule is COCCCNC(=O)C(C)(C)C(=O)Nc1ccc(C)cc1C. The molecule has 0 aliphatic heterocycles. The van der Waals surface area contributed by atoms with Gasteiger partial charge in [-0.1, -0.05) is 17.7 Å². The number of aryl methyl sites for hydroxylation is 2. The van der Waals surface area contributed by atoms with Gasteiger partial charge < -0.3 is 15.4 Å². The molecule has 0 aliphatic carbocycles. The molecule has 5 heteroatoms. The van der Waals surface area contributed by atoms with E-state index in [-0.39, 0.29) is 11.8 Å². The van der Waals surface area contributed by atoms with E-state index >= 15 is 0 Å². The zero-order chi connectivity index (χ0) is 16.8. The summed E-state index contributed by atoms with van der Waals surface area (Å²) in [7, 11) is 1.61. The zero-order valence-corrected chi connectivity index (χ0v) is 14.1. The molecular formula is C17H26N2O3. The fourth-order valence-electron chi connectivity index (χ4n) is 1.97. The number of amides is 2. The molecule has 0 saturated heterocycles. The summed E-state index contributed by atoms with van der Waals surface area (Å²) in [6.07, 6.45) is 0.719. The minimum Gasteiger partial charge on any atom is -0.385 e.